The summed E-state index contributed by atoms with van der Waals surface area (Å²) in [5, 5.41) is 0. The van der Waals surface area contributed by atoms with E-state index in [9.17, 15) is 0 Å². The monoisotopic (exact) mass is 313 g/mol. The summed E-state index contributed by atoms with van der Waals surface area (Å²) in [7, 11) is 4.31. The predicted octanol–water partition coefficient (Wildman–Crippen LogP) is 2.30. The zero-order valence-corrected chi connectivity index (χ0v) is 14.2. The molecule has 1 saturated heterocycles. The van der Waals surface area contributed by atoms with Crippen LogP contribution in [-0.2, 0) is 20.1 Å². The van der Waals surface area contributed by atoms with Gasteiger partial charge in [-0.1, -0.05) is 6.07 Å². The van der Waals surface area contributed by atoms with Crippen LogP contribution in [0, 0.1) is 0 Å². The van der Waals surface area contributed by atoms with E-state index in [0.29, 0.717) is 6.04 Å². The summed E-state index contributed by atoms with van der Waals surface area (Å²) in [6, 6.07) is 6.81. The minimum absolute atomic E-state index is 0.647. The molecule has 3 rings (SSSR count). The molecule has 2 aromatic rings. The molecule has 23 heavy (non-hydrogen) atoms. The highest BCUT2D eigenvalue weighted by Gasteiger charge is 2.21. The molecule has 5 heteroatoms. The maximum absolute atomic E-state index is 4.45. The van der Waals surface area contributed by atoms with Crippen molar-refractivity contribution in [2.45, 2.75) is 38.4 Å². The Morgan fingerprint density at radius 3 is 2.91 bits per heavy atom. The van der Waals surface area contributed by atoms with E-state index in [0.717, 1.165) is 25.3 Å². The molecule has 0 saturated carbocycles. The maximum atomic E-state index is 4.45. The first kappa shape index (κ1) is 16.1. The normalized spacial score (nSPS) is 19.9. The first-order valence-electron chi connectivity index (χ1n) is 8.50. The van der Waals surface area contributed by atoms with Gasteiger partial charge in [0.15, 0.2) is 0 Å². The van der Waals surface area contributed by atoms with Gasteiger partial charge in [0, 0.05) is 45.1 Å². The zero-order chi connectivity index (χ0) is 16.1. The minimum Gasteiger partial charge on any atom is -0.337 e. The van der Waals surface area contributed by atoms with E-state index in [2.05, 4.69) is 50.6 Å². The van der Waals surface area contributed by atoms with Crippen LogP contribution in [0.15, 0.2) is 36.9 Å². The number of pyridine rings is 1. The third-order valence-corrected chi connectivity index (χ3v) is 4.85. The molecule has 0 amide bonds. The van der Waals surface area contributed by atoms with Gasteiger partial charge in [-0.15, -0.1) is 0 Å². The molecule has 3 heterocycles. The Labute approximate surface area is 139 Å². The lowest BCUT2D eigenvalue weighted by Crippen LogP contribution is -2.33. The molecular weight excluding hydrogens is 286 g/mol. The summed E-state index contributed by atoms with van der Waals surface area (Å²) in [4.78, 5) is 13.7. The lowest BCUT2D eigenvalue weighted by molar-refractivity contribution is 0.204. The number of nitrogens with zero attached hydrogens (tertiary/aromatic N) is 5. The summed E-state index contributed by atoms with van der Waals surface area (Å²) in [6.07, 6.45) is 9.50. The summed E-state index contributed by atoms with van der Waals surface area (Å²) < 4.78 is 2.12. The largest absolute Gasteiger partial charge is 0.337 e. The van der Waals surface area contributed by atoms with Crippen molar-refractivity contribution in [2.24, 2.45) is 7.05 Å². The van der Waals surface area contributed by atoms with Gasteiger partial charge in [0.05, 0.1) is 17.7 Å². The Balaban J connectivity index is 1.52. The molecule has 0 bridgehead atoms. The Morgan fingerprint density at radius 1 is 1.26 bits per heavy atom. The van der Waals surface area contributed by atoms with E-state index in [-0.39, 0.29) is 0 Å². The predicted molar refractivity (Wildman–Crippen MR) is 91.8 cm³/mol. The van der Waals surface area contributed by atoms with Crippen LogP contribution in [0.2, 0.25) is 0 Å². The molecule has 2 aromatic heterocycles. The van der Waals surface area contributed by atoms with Crippen LogP contribution in [0.4, 0.5) is 0 Å². The molecule has 1 atom stereocenters. The average Bonchev–Trinajstić information content (AvgIpc) is 2.82. The Morgan fingerprint density at radius 2 is 2.17 bits per heavy atom. The molecular formula is C18H27N5. The molecule has 0 spiro atoms. The van der Waals surface area contributed by atoms with Crippen LogP contribution in [0.5, 0.6) is 0 Å². The minimum atomic E-state index is 0.647. The quantitative estimate of drug-likeness (QED) is 0.849. The van der Waals surface area contributed by atoms with Crippen LogP contribution in [0.1, 0.15) is 30.7 Å². The maximum Gasteiger partial charge on any atom is 0.0945 e. The van der Waals surface area contributed by atoms with Gasteiger partial charge in [-0.05, 0) is 45.0 Å². The number of rotatable bonds is 5. The third-order valence-electron chi connectivity index (χ3n) is 4.85. The van der Waals surface area contributed by atoms with E-state index in [1.807, 2.05) is 24.8 Å². The highest BCUT2D eigenvalue weighted by atomic mass is 15.2. The fourth-order valence-electron chi connectivity index (χ4n) is 3.38. The van der Waals surface area contributed by atoms with Crippen LogP contribution >= 0.6 is 0 Å². The number of hydrogen-bond donors (Lipinski definition) is 0. The smallest absolute Gasteiger partial charge is 0.0945 e. The summed E-state index contributed by atoms with van der Waals surface area (Å²) in [5.41, 5.74) is 2.45. The Hall–Kier alpha value is -1.72. The highest BCUT2D eigenvalue weighted by Crippen LogP contribution is 2.18. The fourth-order valence-corrected chi connectivity index (χ4v) is 3.38. The molecule has 0 aromatic carbocycles. The molecule has 5 nitrogen and oxygen atoms in total. The topological polar surface area (TPSA) is 37.2 Å². The Kier molecular flexibility index (Phi) is 5.41. The van der Waals surface area contributed by atoms with Gasteiger partial charge < -0.3 is 4.57 Å². The summed E-state index contributed by atoms with van der Waals surface area (Å²) in [6.45, 7) is 4.28. The second-order valence-corrected chi connectivity index (χ2v) is 6.59. The molecule has 0 radical (unpaired) electrons. The van der Waals surface area contributed by atoms with Gasteiger partial charge in [-0.25, -0.2) is 4.98 Å². The standard InChI is InChI=1S/C18H27N5/c1-21(13-16-6-3-4-9-20-16)17-7-5-10-23(11-8-17)14-18-12-19-15-22(18)2/h3-4,6,9,12,15,17H,5,7-8,10-11,13-14H2,1-2H3/t17-/m1/s1. The summed E-state index contributed by atoms with van der Waals surface area (Å²) >= 11 is 0. The van der Waals surface area contributed by atoms with Gasteiger partial charge in [0.25, 0.3) is 0 Å². The van der Waals surface area contributed by atoms with E-state index >= 15 is 0 Å². The van der Waals surface area contributed by atoms with E-state index < -0.39 is 0 Å². The van der Waals surface area contributed by atoms with Crippen LogP contribution in [-0.4, -0.2) is 50.5 Å². The molecule has 0 N–H and O–H groups in total. The molecule has 0 unspecified atom stereocenters. The van der Waals surface area contributed by atoms with E-state index in [1.54, 1.807) is 0 Å². The molecule has 0 aliphatic carbocycles. The lowest BCUT2D eigenvalue weighted by atomic mass is 10.1. The first-order chi connectivity index (χ1) is 11.2. The van der Waals surface area contributed by atoms with E-state index in [1.165, 1.54) is 31.5 Å². The van der Waals surface area contributed by atoms with Crippen molar-refractivity contribution >= 4 is 0 Å². The second kappa shape index (κ2) is 7.70. The second-order valence-electron chi connectivity index (χ2n) is 6.59. The number of likely N-dealkylation sites (tertiary alicyclic amines) is 1. The molecule has 1 aliphatic heterocycles. The average molecular weight is 313 g/mol. The first-order valence-corrected chi connectivity index (χ1v) is 8.50. The number of aryl methyl sites for hydroxylation is 1. The third kappa shape index (κ3) is 4.39. The Bertz CT molecular complexity index is 594. The fraction of sp³-hybridized carbons (Fsp3) is 0.556. The SMILES string of the molecule is CN(Cc1ccccn1)[C@@H]1CCCN(Cc2cncn2C)CC1. The van der Waals surface area contributed by atoms with Gasteiger partial charge in [0.2, 0.25) is 0 Å². The van der Waals surface area contributed by atoms with Crippen molar-refractivity contribution in [1.82, 2.24) is 24.3 Å². The van der Waals surface area contributed by atoms with Gasteiger partial charge in [-0.3, -0.25) is 14.8 Å². The molecule has 124 valence electrons. The van der Waals surface area contributed by atoms with Crippen LogP contribution in [0.25, 0.3) is 0 Å². The van der Waals surface area contributed by atoms with Gasteiger partial charge >= 0.3 is 0 Å². The zero-order valence-electron chi connectivity index (χ0n) is 14.2. The molecule has 1 aliphatic rings. The van der Waals surface area contributed by atoms with E-state index in [4.69, 9.17) is 0 Å². The number of hydrogen-bond acceptors (Lipinski definition) is 4. The summed E-state index contributed by atoms with van der Waals surface area (Å²) in [5.74, 6) is 0. The van der Waals surface area contributed by atoms with Crippen molar-refractivity contribution < 1.29 is 0 Å². The van der Waals surface area contributed by atoms with Crippen LogP contribution < -0.4 is 0 Å². The lowest BCUT2D eigenvalue weighted by Gasteiger charge is -2.27. The van der Waals surface area contributed by atoms with Crippen LogP contribution in [0.3, 0.4) is 0 Å². The van der Waals surface area contributed by atoms with Crippen molar-refractivity contribution in [3.8, 4) is 0 Å². The number of aromatic nitrogens is 3. The van der Waals surface area contributed by atoms with Gasteiger partial charge in [0.1, 0.15) is 0 Å². The molecule has 1 fully saturated rings. The van der Waals surface area contributed by atoms with Crippen molar-refractivity contribution in [1.29, 1.82) is 0 Å². The van der Waals surface area contributed by atoms with Crippen molar-refractivity contribution in [3.05, 3.63) is 48.3 Å². The van der Waals surface area contributed by atoms with Crippen molar-refractivity contribution in [3.63, 3.8) is 0 Å². The van der Waals surface area contributed by atoms with Crippen molar-refractivity contribution in [2.75, 3.05) is 20.1 Å². The number of imidazole rings is 1. The highest BCUT2D eigenvalue weighted by molar-refractivity contribution is 5.03. The van der Waals surface area contributed by atoms with Gasteiger partial charge in [-0.2, -0.15) is 0 Å².